The molecule has 26 heavy (non-hydrogen) atoms. The van der Waals surface area contributed by atoms with Gasteiger partial charge in [0.05, 0.1) is 11.7 Å². The monoisotopic (exact) mass is 371 g/mol. The van der Waals surface area contributed by atoms with E-state index in [1.165, 1.54) is 0 Å². The number of hydrogen-bond donors (Lipinski definition) is 1. The molecule has 0 bridgehead atoms. The maximum atomic E-state index is 12.3. The molecular formula is C18H18ClN5O2. The molecule has 1 unspecified atom stereocenters. The van der Waals surface area contributed by atoms with Crippen LogP contribution in [0.5, 0.6) is 5.75 Å². The third-order valence-electron chi connectivity index (χ3n) is 3.69. The topological polar surface area (TPSA) is 81.9 Å². The normalized spacial score (nSPS) is 11.8. The Kier molecular flexibility index (Phi) is 5.48. The molecule has 8 heteroatoms. The fraction of sp³-hybridized carbons (Fsp3) is 0.222. The Morgan fingerprint density at radius 1 is 1.19 bits per heavy atom. The van der Waals surface area contributed by atoms with E-state index in [-0.39, 0.29) is 11.9 Å². The molecule has 7 nitrogen and oxygen atoms in total. The van der Waals surface area contributed by atoms with Gasteiger partial charge in [-0.25, -0.2) is 0 Å². The first-order chi connectivity index (χ1) is 12.5. The lowest BCUT2D eigenvalue weighted by Crippen LogP contribution is -2.36. The molecule has 1 amide bonds. The molecule has 3 aromatic rings. The molecule has 1 aromatic heterocycles. The Bertz CT molecular complexity index is 877. The lowest BCUT2D eigenvalue weighted by Gasteiger charge is -2.15. The van der Waals surface area contributed by atoms with Gasteiger partial charge in [-0.2, -0.15) is 4.68 Å². The van der Waals surface area contributed by atoms with E-state index in [4.69, 9.17) is 16.3 Å². The maximum Gasteiger partial charge on any atom is 0.251 e. The van der Waals surface area contributed by atoms with E-state index in [0.29, 0.717) is 28.8 Å². The van der Waals surface area contributed by atoms with E-state index in [0.717, 1.165) is 5.69 Å². The molecule has 2 aromatic carbocycles. The molecule has 0 aliphatic heterocycles. The zero-order chi connectivity index (χ0) is 18.5. The standard InChI is InChI=1S/C18H18ClN5O2/c1-12(11-26-17-9-5-15(19)6-10-17)20-18(25)14-3-7-16(8-4-14)24-13(2)21-22-23-24/h3-10,12H,11H2,1-2H3,(H,20,25). The summed E-state index contributed by atoms with van der Waals surface area (Å²) in [7, 11) is 0. The fourth-order valence-electron chi connectivity index (χ4n) is 2.33. The lowest BCUT2D eigenvalue weighted by molar-refractivity contribution is 0.0926. The van der Waals surface area contributed by atoms with E-state index < -0.39 is 0 Å². The molecule has 0 aliphatic rings. The molecule has 1 heterocycles. The van der Waals surface area contributed by atoms with Crippen molar-refractivity contribution in [2.45, 2.75) is 19.9 Å². The van der Waals surface area contributed by atoms with Crippen molar-refractivity contribution >= 4 is 17.5 Å². The third-order valence-corrected chi connectivity index (χ3v) is 3.94. The molecule has 1 atom stereocenters. The van der Waals surface area contributed by atoms with Gasteiger partial charge in [0.2, 0.25) is 0 Å². The molecular weight excluding hydrogens is 354 g/mol. The molecule has 134 valence electrons. The van der Waals surface area contributed by atoms with Gasteiger partial charge < -0.3 is 10.1 Å². The first kappa shape index (κ1) is 17.9. The number of halogens is 1. The SMILES string of the molecule is Cc1nnnn1-c1ccc(C(=O)NC(C)COc2ccc(Cl)cc2)cc1. The molecule has 3 rings (SSSR count). The number of carbonyl (C=O) groups excluding carboxylic acids is 1. The van der Waals surface area contributed by atoms with Crippen molar-refractivity contribution in [1.82, 2.24) is 25.5 Å². The number of nitrogens with zero attached hydrogens (tertiary/aromatic N) is 4. The van der Waals surface area contributed by atoms with Crippen LogP contribution in [0.4, 0.5) is 0 Å². The van der Waals surface area contributed by atoms with Crippen molar-refractivity contribution in [2.75, 3.05) is 6.61 Å². The highest BCUT2D eigenvalue weighted by atomic mass is 35.5. The molecule has 0 radical (unpaired) electrons. The molecule has 0 fully saturated rings. The maximum absolute atomic E-state index is 12.3. The number of hydrogen-bond acceptors (Lipinski definition) is 5. The van der Waals surface area contributed by atoms with Gasteiger partial charge in [-0.1, -0.05) is 11.6 Å². The van der Waals surface area contributed by atoms with Crippen molar-refractivity contribution in [3.05, 3.63) is 64.9 Å². The van der Waals surface area contributed by atoms with Crippen molar-refractivity contribution < 1.29 is 9.53 Å². The summed E-state index contributed by atoms with van der Waals surface area (Å²) in [6.07, 6.45) is 0. The second-order valence-electron chi connectivity index (χ2n) is 5.82. The van der Waals surface area contributed by atoms with Gasteiger partial charge in [-0.15, -0.1) is 5.10 Å². The number of ether oxygens (including phenoxy) is 1. The average Bonchev–Trinajstić information content (AvgIpc) is 3.07. The average molecular weight is 372 g/mol. The number of amides is 1. The van der Waals surface area contributed by atoms with Crippen LogP contribution in [0.1, 0.15) is 23.1 Å². The molecule has 0 aliphatic carbocycles. The Balaban J connectivity index is 1.55. The number of benzene rings is 2. The molecule has 1 N–H and O–H groups in total. The largest absolute Gasteiger partial charge is 0.491 e. The Labute approximate surface area is 155 Å². The zero-order valence-corrected chi connectivity index (χ0v) is 15.1. The summed E-state index contributed by atoms with van der Waals surface area (Å²) in [6.45, 7) is 4.05. The van der Waals surface area contributed by atoms with Crippen molar-refractivity contribution in [3.8, 4) is 11.4 Å². The summed E-state index contributed by atoms with van der Waals surface area (Å²) >= 11 is 5.84. The first-order valence-corrected chi connectivity index (χ1v) is 8.45. The summed E-state index contributed by atoms with van der Waals surface area (Å²) in [4.78, 5) is 12.3. The van der Waals surface area contributed by atoms with E-state index in [1.807, 2.05) is 13.8 Å². The lowest BCUT2D eigenvalue weighted by atomic mass is 10.2. The minimum atomic E-state index is -0.169. The predicted octanol–water partition coefficient (Wildman–Crippen LogP) is 2.82. The summed E-state index contributed by atoms with van der Waals surface area (Å²) in [5, 5.41) is 14.9. The van der Waals surface area contributed by atoms with Crippen LogP contribution in [0.15, 0.2) is 48.5 Å². The van der Waals surface area contributed by atoms with E-state index in [9.17, 15) is 4.79 Å². The fourth-order valence-corrected chi connectivity index (χ4v) is 2.45. The Hall–Kier alpha value is -2.93. The summed E-state index contributed by atoms with van der Waals surface area (Å²) < 4.78 is 7.24. The molecule has 0 saturated carbocycles. The van der Waals surface area contributed by atoms with E-state index >= 15 is 0 Å². The van der Waals surface area contributed by atoms with Crippen LogP contribution in [0.2, 0.25) is 5.02 Å². The number of rotatable bonds is 6. The van der Waals surface area contributed by atoms with Gasteiger partial charge in [0.15, 0.2) is 5.82 Å². The van der Waals surface area contributed by atoms with Crippen molar-refractivity contribution in [2.24, 2.45) is 0 Å². The Morgan fingerprint density at radius 2 is 1.88 bits per heavy atom. The number of aromatic nitrogens is 4. The van der Waals surface area contributed by atoms with Gasteiger partial charge in [0, 0.05) is 10.6 Å². The molecule has 0 saturated heterocycles. The van der Waals surface area contributed by atoms with Gasteiger partial charge >= 0.3 is 0 Å². The van der Waals surface area contributed by atoms with Crippen molar-refractivity contribution in [1.29, 1.82) is 0 Å². The van der Waals surface area contributed by atoms with E-state index in [2.05, 4.69) is 20.8 Å². The first-order valence-electron chi connectivity index (χ1n) is 8.07. The van der Waals surface area contributed by atoms with Gasteiger partial charge in [-0.3, -0.25) is 4.79 Å². The predicted molar refractivity (Wildman–Crippen MR) is 97.8 cm³/mol. The van der Waals surface area contributed by atoms with Gasteiger partial charge in [-0.05, 0) is 72.8 Å². The number of carbonyl (C=O) groups is 1. The van der Waals surface area contributed by atoms with Crippen LogP contribution >= 0.6 is 11.6 Å². The number of nitrogens with one attached hydrogen (secondary N) is 1. The minimum absolute atomic E-state index is 0.153. The number of aryl methyl sites for hydroxylation is 1. The third kappa shape index (κ3) is 4.37. The summed E-state index contributed by atoms with van der Waals surface area (Å²) in [5.74, 6) is 1.21. The van der Waals surface area contributed by atoms with Crippen LogP contribution in [-0.4, -0.2) is 38.8 Å². The van der Waals surface area contributed by atoms with Crippen LogP contribution in [0, 0.1) is 6.92 Å². The highest BCUT2D eigenvalue weighted by molar-refractivity contribution is 6.30. The van der Waals surface area contributed by atoms with Crippen LogP contribution in [0.3, 0.4) is 0 Å². The van der Waals surface area contributed by atoms with Gasteiger partial charge in [0.25, 0.3) is 5.91 Å². The summed E-state index contributed by atoms with van der Waals surface area (Å²) in [5.41, 5.74) is 1.35. The Morgan fingerprint density at radius 3 is 2.50 bits per heavy atom. The highest BCUT2D eigenvalue weighted by Crippen LogP contribution is 2.15. The highest BCUT2D eigenvalue weighted by Gasteiger charge is 2.11. The second kappa shape index (κ2) is 7.97. The quantitative estimate of drug-likeness (QED) is 0.720. The summed E-state index contributed by atoms with van der Waals surface area (Å²) in [6, 6.07) is 14.0. The minimum Gasteiger partial charge on any atom is -0.491 e. The second-order valence-corrected chi connectivity index (χ2v) is 6.26. The van der Waals surface area contributed by atoms with Crippen LogP contribution in [0.25, 0.3) is 5.69 Å². The van der Waals surface area contributed by atoms with Crippen LogP contribution in [-0.2, 0) is 0 Å². The smallest absolute Gasteiger partial charge is 0.251 e. The zero-order valence-electron chi connectivity index (χ0n) is 14.4. The van der Waals surface area contributed by atoms with Crippen LogP contribution < -0.4 is 10.1 Å². The van der Waals surface area contributed by atoms with Gasteiger partial charge in [0.1, 0.15) is 12.4 Å². The molecule has 0 spiro atoms. The van der Waals surface area contributed by atoms with Crippen molar-refractivity contribution in [3.63, 3.8) is 0 Å². The van der Waals surface area contributed by atoms with E-state index in [1.54, 1.807) is 53.2 Å². The number of tetrazole rings is 1.